The summed E-state index contributed by atoms with van der Waals surface area (Å²) in [4.78, 5) is 0. The standard InChI is InChI=1S/C10H10BrN5OS/c11-7-4-2-1-3-6(7)9-16-15-8(17-9)5-18-10(12)14-13/h1-4H,5,13H2,(H2,12,14). The molecule has 0 atom stereocenters. The minimum Gasteiger partial charge on any atom is -0.420 e. The number of hydrogen-bond donors (Lipinski definition) is 2. The van der Waals surface area contributed by atoms with Gasteiger partial charge in [-0.25, -0.2) is 0 Å². The van der Waals surface area contributed by atoms with Crippen LogP contribution in [0, 0.1) is 0 Å². The predicted octanol–water partition coefficient (Wildman–Crippen LogP) is 1.92. The minimum atomic E-state index is 0.274. The molecule has 1 aromatic heterocycles. The monoisotopic (exact) mass is 327 g/mol. The number of halogens is 1. The molecule has 2 rings (SSSR count). The van der Waals surface area contributed by atoms with Crippen molar-refractivity contribution in [2.24, 2.45) is 16.7 Å². The second-order valence-corrected chi connectivity index (χ2v) is 5.09. The van der Waals surface area contributed by atoms with E-state index >= 15 is 0 Å². The molecule has 0 saturated carbocycles. The first-order chi connectivity index (χ1) is 8.70. The number of aromatic nitrogens is 2. The van der Waals surface area contributed by atoms with Gasteiger partial charge in [0.05, 0.1) is 11.3 Å². The molecule has 0 amide bonds. The molecule has 0 aliphatic carbocycles. The van der Waals surface area contributed by atoms with Crippen LogP contribution >= 0.6 is 27.7 Å². The van der Waals surface area contributed by atoms with Crippen molar-refractivity contribution >= 4 is 32.9 Å². The lowest BCUT2D eigenvalue weighted by molar-refractivity contribution is 0.528. The van der Waals surface area contributed by atoms with Crippen LogP contribution in [0.3, 0.4) is 0 Å². The Morgan fingerprint density at radius 3 is 2.89 bits per heavy atom. The molecule has 8 heteroatoms. The molecule has 0 radical (unpaired) electrons. The lowest BCUT2D eigenvalue weighted by Crippen LogP contribution is -2.09. The Morgan fingerprint density at radius 2 is 2.17 bits per heavy atom. The Balaban J connectivity index is 2.14. The number of thioether (sulfide) groups is 1. The third kappa shape index (κ3) is 3.02. The summed E-state index contributed by atoms with van der Waals surface area (Å²) in [5.41, 5.74) is 6.30. The first-order valence-corrected chi connectivity index (χ1v) is 6.72. The normalized spacial score (nSPS) is 11.7. The molecular formula is C10H10BrN5OS. The van der Waals surface area contributed by atoms with E-state index in [1.165, 1.54) is 11.8 Å². The van der Waals surface area contributed by atoms with E-state index in [4.69, 9.17) is 16.0 Å². The van der Waals surface area contributed by atoms with Gasteiger partial charge in [-0.3, -0.25) is 0 Å². The van der Waals surface area contributed by atoms with Gasteiger partial charge in [-0.1, -0.05) is 23.9 Å². The van der Waals surface area contributed by atoms with Crippen LogP contribution in [0.1, 0.15) is 5.89 Å². The van der Waals surface area contributed by atoms with Crippen molar-refractivity contribution in [1.29, 1.82) is 0 Å². The van der Waals surface area contributed by atoms with Crippen LogP contribution in [-0.2, 0) is 5.75 Å². The lowest BCUT2D eigenvalue weighted by Gasteiger charge is -1.97. The highest BCUT2D eigenvalue weighted by Gasteiger charge is 2.11. The Morgan fingerprint density at radius 1 is 1.39 bits per heavy atom. The highest BCUT2D eigenvalue weighted by molar-refractivity contribution is 9.10. The lowest BCUT2D eigenvalue weighted by atomic mass is 10.2. The van der Waals surface area contributed by atoms with E-state index in [9.17, 15) is 0 Å². The summed E-state index contributed by atoms with van der Waals surface area (Å²) in [5.74, 6) is 6.39. The molecule has 94 valence electrons. The summed E-state index contributed by atoms with van der Waals surface area (Å²) in [6.45, 7) is 0. The zero-order valence-electron chi connectivity index (χ0n) is 9.21. The molecule has 0 spiro atoms. The van der Waals surface area contributed by atoms with Crippen molar-refractivity contribution in [3.05, 3.63) is 34.6 Å². The number of nitrogens with zero attached hydrogens (tertiary/aromatic N) is 3. The molecule has 0 bridgehead atoms. The molecule has 4 N–H and O–H groups in total. The highest BCUT2D eigenvalue weighted by Crippen LogP contribution is 2.27. The fourth-order valence-electron chi connectivity index (χ4n) is 1.23. The van der Waals surface area contributed by atoms with Crippen LogP contribution < -0.4 is 11.6 Å². The first kappa shape index (κ1) is 12.9. The van der Waals surface area contributed by atoms with Gasteiger partial charge in [0.2, 0.25) is 11.8 Å². The smallest absolute Gasteiger partial charge is 0.248 e. The molecule has 0 aliphatic heterocycles. The van der Waals surface area contributed by atoms with E-state index in [1.54, 1.807) is 0 Å². The molecule has 18 heavy (non-hydrogen) atoms. The molecule has 0 saturated heterocycles. The summed E-state index contributed by atoms with van der Waals surface area (Å²) in [6.07, 6.45) is 0. The van der Waals surface area contributed by atoms with E-state index in [2.05, 4.69) is 31.2 Å². The van der Waals surface area contributed by atoms with Crippen molar-refractivity contribution in [3.8, 4) is 11.5 Å². The number of benzene rings is 1. The zero-order valence-corrected chi connectivity index (χ0v) is 11.6. The number of nitrogens with two attached hydrogens (primary N) is 2. The van der Waals surface area contributed by atoms with Crippen molar-refractivity contribution in [2.45, 2.75) is 5.75 Å². The molecule has 0 fully saturated rings. The SMILES string of the molecule is NN=C(N)SCc1nnc(-c2ccccc2Br)o1. The number of amidine groups is 1. The molecule has 2 aromatic rings. The number of rotatable bonds is 3. The van der Waals surface area contributed by atoms with Crippen molar-refractivity contribution < 1.29 is 4.42 Å². The van der Waals surface area contributed by atoms with Crippen LogP contribution in [0.25, 0.3) is 11.5 Å². The fraction of sp³-hybridized carbons (Fsp3) is 0.100. The van der Waals surface area contributed by atoms with Gasteiger partial charge in [0.15, 0.2) is 5.17 Å². The van der Waals surface area contributed by atoms with Crippen LogP contribution in [0.4, 0.5) is 0 Å². The van der Waals surface area contributed by atoms with Gasteiger partial charge in [-0.15, -0.1) is 10.2 Å². The van der Waals surface area contributed by atoms with Gasteiger partial charge < -0.3 is 16.0 Å². The van der Waals surface area contributed by atoms with Crippen molar-refractivity contribution in [3.63, 3.8) is 0 Å². The van der Waals surface area contributed by atoms with Gasteiger partial charge in [-0.05, 0) is 28.1 Å². The highest BCUT2D eigenvalue weighted by atomic mass is 79.9. The molecular weight excluding hydrogens is 318 g/mol. The van der Waals surface area contributed by atoms with E-state index in [-0.39, 0.29) is 5.17 Å². The second kappa shape index (κ2) is 5.87. The third-order valence-corrected chi connectivity index (χ3v) is 3.53. The Kier molecular flexibility index (Phi) is 4.21. The van der Waals surface area contributed by atoms with Crippen LogP contribution in [0.15, 0.2) is 38.3 Å². The van der Waals surface area contributed by atoms with Crippen LogP contribution in [0.2, 0.25) is 0 Å². The summed E-state index contributed by atoms with van der Waals surface area (Å²) in [6, 6.07) is 7.62. The largest absolute Gasteiger partial charge is 0.420 e. The average molecular weight is 328 g/mol. The maximum atomic E-state index is 5.52. The fourth-order valence-corrected chi connectivity index (χ4v) is 2.15. The minimum absolute atomic E-state index is 0.274. The molecule has 0 aliphatic rings. The second-order valence-electron chi connectivity index (χ2n) is 3.24. The van der Waals surface area contributed by atoms with E-state index in [1.807, 2.05) is 24.3 Å². The van der Waals surface area contributed by atoms with E-state index < -0.39 is 0 Å². The van der Waals surface area contributed by atoms with E-state index in [0.717, 1.165) is 10.0 Å². The van der Waals surface area contributed by atoms with Crippen molar-refractivity contribution in [2.75, 3.05) is 0 Å². The molecule has 6 nitrogen and oxygen atoms in total. The Labute approximate surface area is 116 Å². The van der Waals surface area contributed by atoms with E-state index in [0.29, 0.717) is 17.5 Å². The summed E-state index contributed by atoms with van der Waals surface area (Å²) < 4.78 is 6.42. The van der Waals surface area contributed by atoms with Gasteiger partial charge in [0.25, 0.3) is 0 Å². The maximum Gasteiger partial charge on any atom is 0.248 e. The zero-order chi connectivity index (χ0) is 13.0. The summed E-state index contributed by atoms with van der Waals surface area (Å²) in [7, 11) is 0. The number of hydrazone groups is 1. The summed E-state index contributed by atoms with van der Waals surface area (Å²) >= 11 is 4.66. The van der Waals surface area contributed by atoms with Crippen LogP contribution in [0.5, 0.6) is 0 Å². The molecule has 1 aromatic carbocycles. The average Bonchev–Trinajstić information content (AvgIpc) is 2.85. The number of hydrogen-bond acceptors (Lipinski definition) is 6. The topological polar surface area (TPSA) is 103 Å². The summed E-state index contributed by atoms with van der Waals surface area (Å²) in [5, 5.41) is 11.5. The van der Waals surface area contributed by atoms with Crippen LogP contribution in [-0.4, -0.2) is 15.4 Å². The van der Waals surface area contributed by atoms with Crippen molar-refractivity contribution in [1.82, 2.24) is 10.2 Å². The van der Waals surface area contributed by atoms with Gasteiger partial charge in [0, 0.05) is 4.47 Å². The predicted molar refractivity (Wildman–Crippen MR) is 74.5 cm³/mol. The van der Waals surface area contributed by atoms with Gasteiger partial charge >= 0.3 is 0 Å². The van der Waals surface area contributed by atoms with Gasteiger partial charge in [0.1, 0.15) is 0 Å². The third-order valence-electron chi connectivity index (χ3n) is 2.04. The quantitative estimate of drug-likeness (QED) is 0.386. The first-order valence-electron chi connectivity index (χ1n) is 4.94. The Bertz CT molecular complexity index is 571. The molecule has 1 heterocycles. The Hall–Kier alpha value is -1.54. The molecule has 0 unspecified atom stereocenters. The maximum absolute atomic E-state index is 5.52. The van der Waals surface area contributed by atoms with Gasteiger partial charge in [-0.2, -0.15) is 5.10 Å².